The van der Waals surface area contributed by atoms with E-state index in [2.05, 4.69) is 22.3 Å². The Kier molecular flexibility index (Phi) is 4.86. The molecule has 1 N–H and O–H groups in total. The molecule has 116 valence electrons. The van der Waals surface area contributed by atoms with Crippen LogP contribution in [0.2, 0.25) is 0 Å². The highest BCUT2D eigenvalue weighted by Gasteiger charge is 2.17. The molecule has 0 radical (unpaired) electrons. The predicted octanol–water partition coefficient (Wildman–Crippen LogP) is 2.92. The summed E-state index contributed by atoms with van der Waals surface area (Å²) in [5, 5.41) is 3.42. The van der Waals surface area contributed by atoms with Gasteiger partial charge in [0.25, 0.3) is 0 Å². The van der Waals surface area contributed by atoms with Crippen LogP contribution in [0.1, 0.15) is 31.7 Å². The van der Waals surface area contributed by atoms with Crippen molar-refractivity contribution in [2.75, 3.05) is 44.7 Å². The van der Waals surface area contributed by atoms with Gasteiger partial charge in [-0.25, -0.2) is 0 Å². The number of nitrogens with one attached hydrogen (secondary N) is 1. The Labute approximate surface area is 127 Å². The van der Waals surface area contributed by atoms with Gasteiger partial charge >= 0.3 is 0 Å². The summed E-state index contributed by atoms with van der Waals surface area (Å²) in [6.07, 6.45) is 5.06. The first-order valence-corrected chi connectivity index (χ1v) is 8.25. The third kappa shape index (κ3) is 3.62. The maximum atomic E-state index is 5.75. The summed E-state index contributed by atoms with van der Waals surface area (Å²) in [7, 11) is 0. The third-order valence-corrected chi connectivity index (χ3v) is 4.22. The van der Waals surface area contributed by atoms with Crippen LogP contribution < -0.4 is 14.8 Å². The molecule has 0 spiro atoms. The van der Waals surface area contributed by atoms with E-state index in [0.717, 1.165) is 30.2 Å². The van der Waals surface area contributed by atoms with Crippen molar-refractivity contribution in [3.63, 3.8) is 0 Å². The van der Waals surface area contributed by atoms with Gasteiger partial charge in [-0.1, -0.05) is 0 Å². The maximum Gasteiger partial charge on any atom is 0.184 e. The average molecular weight is 290 g/mol. The standard InChI is InChI=1S/C17H26N2O2/c1-2-20-16-13-14(6-5-10-19-8-3-4-9-19)12-15-17(16)21-11-7-18-15/h12-13,18H,2-11H2,1H3. The van der Waals surface area contributed by atoms with Gasteiger partial charge in [0, 0.05) is 6.54 Å². The van der Waals surface area contributed by atoms with E-state index in [-0.39, 0.29) is 0 Å². The monoisotopic (exact) mass is 290 g/mol. The van der Waals surface area contributed by atoms with Crippen LogP contribution in [0.3, 0.4) is 0 Å². The molecule has 1 aromatic rings. The van der Waals surface area contributed by atoms with E-state index >= 15 is 0 Å². The van der Waals surface area contributed by atoms with Gasteiger partial charge < -0.3 is 19.7 Å². The smallest absolute Gasteiger partial charge is 0.184 e. The van der Waals surface area contributed by atoms with Gasteiger partial charge in [0.2, 0.25) is 0 Å². The number of hydrogen-bond acceptors (Lipinski definition) is 4. The van der Waals surface area contributed by atoms with Crippen molar-refractivity contribution in [3.05, 3.63) is 17.7 Å². The summed E-state index contributed by atoms with van der Waals surface area (Å²) in [6, 6.07) is 4.38. The van der Waals surface area contributed by atoms with Crippen molar-refractivity contribution in [1.82, 2.24) is 4.90 Å². The minimum absolute atomic E-state index is 0.674. The van der Waals surface area contributed by atoms with Crippen molar-refractivity contribution < 1.29 is 9.47 Å². The molecule has 0 atom stereocenters. The first kappa shape index (κ1) is 14.5. The summed E-state index contributed by atoms with van der Waals surface area (Å²) in [5.74, 6) is 1.77. The van der Waals surface area contributed by atoms with Gasteiger partial charge in [-0.15, -0.1) is 0 Å². The zero-order valence-electron chi connectivity index (χ0n) is 13.0. The second kappa shape index (κ2) is 7.03. The molecule has 0 aromatic heterocycles. The molecule has 0 bridgehead atoms. The first-order chi connectivity index (χ1) is 10.4. The Morgan fingerprint density at radius 1 is 1.29 bits per heavy atom. The van der Waals surface area contributed by atoms with Gasteiger partial charge in [-0.2, -0.15) is 0 Å². The summed E-state index contributed by atoms with van der Waals surface area (Å²) >= 11 is 0. The van der Waals surface area contributed by atoms with Crippen molar-refractivity contribution in [1.29, 1.82) is 0 Å². The molecule has 0 saturated carbocycles. The molecule has 0 unspecified atom stereocenters. The van der Waals surface area contributed by atoms with Crippen LogP contribution in [0.15, 0.2) is 12.1 Å². The summed E-state index contributed by atoms with van der Waals surface area (Å²) in [4.78, 5) is 2.57. The molecule has 2 aliphatic rings. The highest BCUT2D eigenvalue weighted by Crippen LogP contribution is 2.39. The first-order valence-electron chi connectivity index (χ1n) is 8.25. The number of nitrogens with zero attached hydrogens (tertiary/aromatic N) is 1. The molecule has 0 amide bonds. The zero-order chi connectivity index (χ0) is 14.5. The molecule has 2 aliphatic heterocycles. The topological polar surface area (TPSA) is 33.7 Å². The van der Waals surface area contributed by atoms with Crippen molar-refractivity contribution >= 4 is 5.69 Å². The number of benzene rings is 1. The number of anilines is 1. The van der Waals surface area contributed by atoms with E-state index < -0.39 is 0 Å². The Morgan fingerprint density at radius 2 is 2.14 bits per heavy atom. The fourth-order valence-electron chi connectivity index (χ4n) is 3.20. The molecular weight excluding hydrogens is 264 g/mol. The van der Waals surface area contributed by atoms with Crippen LogP contribution in [0.4, 0.5) is 5.69 Å². The minimum Gasteiger partial charge on any atom is -0.490 e. The molecule has 3 rings (SSSR count). The van der Waals surface area contributed by atoms with Gasteiger partial charge in [0.05, 0.1) is 12.3 Å². The molecule has 21 heavy (non-hydrogen) atoms. The maximum absolute atomic E-state index is 5.75. The highest BCUT2D eigenvalue weighted by atomic mass is 16.5. The number of ether oxygens (including phenoxy) is 2. The molecular formula is C17H26N2O2. The fourth-order valence-corrected chi connectivity index (χ4v) is 3.20. The largest absolute Gasteiger partial charge is 0.490 e. The lowest BCUT2D eigenvalue weighted by Crippen LogP contribution is -2.21. The third-order valence-electron chi connectivity index (χ3n) is 4.22. The fraction of sp³-hybridized carbons (Fsp3) is 0.647. The van der Waals surface area contributed by atoms with Crippen LogP contribution in [0.5, 0.6) is 11.5 Å². The SMILES string of the molecule is CCOc1cc(CCCN2CCCC2)cc2c1OCCN2. The lowest BCUT2D eigenvalue weighted by atomic mass is 10.1. The Hall–Kier alpha value is -1.42. The number of likely N-dealkylation sites (tertiary alicyclic amines) is 1. The van der Waals surface area contributed by atoms with E-state index in [1.807, 2.05) is 6.92 Å². The van der Waals surface area contributed by atoms with E-state index in [0.29, 0.717) is 13.2 Å². The van der Waals surface area contributed by atoms with Gasteiger partial charge in [0.15, 0.2) is 11.5 Å². The van der Waals surface area contributed by atoms with Crippen LogP contribution in [0, 0.1) is 0 Å². The molecule has 1 fully saturated rings. The molecule has 4 nitrogen and oxygen atoms in total. The lowest BCUT2D eigenvalue weighted by Gasteiger charge is -2.23. The predicted molar refractivity (Wildman–Crippen MR) is 85.6 cm³/mol. The quantitative estimate of drug-likeness (QED) is 0.873. The number of fused-ring (bicyclic) bond motifs is 1. The van der Waals surface area contributed by atoms with E-state index in [9.17, 15) is 0 Å². The number of rotatable bonds is 6. The molecule has 4 heteroatoms. The average Bonchev–Trinajstić information content (AvgIpc) is 3.01. The lowest BCUT2D eigenvalue weighted by molar-refractivity contribution is 0.278. The Morgan fingerprint density at radius 3 is 2.95 bits per heavy atom. The van der Waals surface area contributed by atoms with Gasteiger partial charge in [-0.05, 0) is 69.9 Å². The van der Waals surface area contributed by atoms with Crippen LogP contribution in [0.25, 0.3) is 0 Å². The minimum atomic E-state index is 0.674. The van der Waals surface area contributed by atoms with E-state index in [1.54, 1.807) is 0 Å². The molecule has 2 heterocycles. The van der Waals surface area contributed by atoms with Gasteiger partial charge in [0.1, 0.15) is 6.61 Å². The van der Waals surface area contributed by atoms with Crippen LogP contribution in [-0.2, 0) is 6.42 Å². The van der Waals surface area contributed by atoms with Gasteiger partial charge in [-0.3, -0.25) is 0 Å². The molecule has 1 saturated heterocycles. The zero-order valence-corrected chi connectivity index (χ0v) is 13.0. The van der Waals surface area contributed by atoms with Crippen molar-refractivity contribution in [2.45, 2.75) is 32.6 Å². The summed E-state index contributed by atoms with van der Waals surface area (Å²) in [5.41, 5.74) is 2.43. The Bertz CT molecular complexity index is 470. The molecule has 0 aliphatic carbocycles. The Balaban J connectivity index is 1.65. The molecule has 1 aromatic carbocycles. The number of aryl methyl sites for hydroxylation is 1. The van der Waals surface area contributed by atoms with E-state index in [1.165, 1.54) is 44.5 Å². The number of hydrogen-bond donors (Lipinski definition) is 1. The summed E-state index contributed by atoms with van der Waals surface area (Å²) in [6.45, 7) is 8.05. The van der Waals surface area contributed by atoms with Crippen LogP contribution in [-0.4, -0.2) is 44.3 Å². The summed E-state index contributed by atoms with van der Waals surface area (Å²) < 4.78 is 11.5. The van der Waals surface area contributed by atoms with E-state index in [4.69, 9.17) is 9.47 Å². The normalized spacial score (nSPS) is 18.0. The second-order valence-electron chi connectivity index (χ2n) is 5.83. The van der Waals surface area contributed by atoms with Crippen molar-refractivity contribution in [2.24, 2.45) is 0 Å². The van der Waals surface area contributed by atoms with Crippen LogP contribution >= 0.6 is 0 Å². The highest BCUT2D eigenvalue weighted by molar-refractivity contribution is 5.66. The second-order valence-corrected chi connectivity index (χ2v) is 5.83. The van der Waals surface area contributed by atoms with Crippen molar-refractivity contribution in [3.8, 4) is 11.5 Å².